The molecule has 0 amide bonds. The van der Waals surface area contributed by atoms with Crippen molar-refractivity contribution in [3.63, 3.8) is 0 Å². The number of benzene rings is 6. The molecular weight excluding hydrogens is 494 g/mol. The summed E-state index contributed by atoms with van der Waals surface area (Å²) in [5, 5.41) is 7.95. The zero-order valence-electron chi connectivity index (χ0n) is 24.3. The van der Waals surface area contributed by atoms with Crippen molar-refractivity contribution in [3.8, 4) is 33.4 Å². The van der Waals surface area contributed by atoms with Gasteiger partial charge in [0.1, 0.15) is 0 Å². The Morgan fingerprint density at radius 1 is 0.537 bits per heavy atom. The monoisotopic (exact) mass is 527 g/mol. The molecule has 0 radical (unpaired) electrons. The molecule has 0 fully saturated rings. The third-order valence-electron chi connectivity index (χ3n) is 9.47. The average Bonchev–Trinajstić information content (AvgIpc) is 3.21. The standard InChI is InChI=1S/C40H33N/c1-39(2,3)28-20-26-11-14-31-33(24-16-18-41-19-17-24)23-34(32-15-12-27(21-28)37(26)38(31)32)25-10-13-30-29-8-6-7-9-35(29)40(4,5)36(30)22-25/h6-23H,1-5H3. The molecule has 1 heterocycles. The second-order valence-electron chi connectivity index (χ2n) is 13.3. The molecule has 0 bridgehead atoms. The highest BCUT2D eigenvalue weighted by molar-refractivity contribution is 6.28. The van der Waals surface area contributed by atoms with Gasteiger partial charge in [-0.15, -0.1) is 0 Å². The van der Waals surface area contributed by atoms with Crippen molar-refractivity contribution < 1.29 is 0 Å². The molecule has 1 aliphatic rings. The molecule has 1 heteroatoms. The van der Waals surface area contributed by atoms with Crippen LogP contribution in [-0.2, 0) is 10.8 Å². The minimum atomic E-state index is -0.0387. The molecule has 0 aliphatic heterocycles. The summed E-state index contributed by atoms with van der Waals surface area (Å²) in [6.45, 7) is 11.6. The average molecular weight is 528 g/mol. The molecule has 0 saturated heterocycles. The summed E-state index contributed by atoms with van der Waals surface area (Å²) in [4.78, 5) is 4.32. The summed E-state index contributed by atoms with van der Waals surface area (Å²) < 4.78 is 0. The number of fused-ring (bicyclic) bond motifs is 3. The Hall–Kier alpha value is -4.49. The van der Waals surface area contributed by atoms with Crippen LogP contribution < -0.4 is 0 Å². The van der Waals surface area contributed by atoms with E-state index < -0.39 is 0 Å². The largest absolute Gasteiger partial charge is 0.265 e. The zero-order valence-corrected chi connectivity index (χ0v) is 24.3. The lowest BCUT2D eigenvalue weighted by Gasteiger charge is -2.24. The highest BCUT2D eigenvalue weighted by atomic mass is 14.6. The fourth-order valence-corrected chi connectivity index (χ4v) is 7.23. The van der Waals surface area contributed by atoms with E-state index in [1.807, 2.05) is 12.4 Å². The van der Waals surface area contributed by atoms with E-state index in [0.717, 1.165) is 0 Å². The predicted octanol–water partition coefficient (Wildman–Crippen LogP) is 10.9. The van der Waals surface area contributed by atoms with Gasteiger partial charge < -0.3 is 0 Å². The van der Waals surface area contributed by atoms with Gasteiger partial charge in [0.05, 0.1) is 0 Å². The summed E-state index contributed by atoms with van der Waals surface area (Å²) in [5.41, 5.74) is 12.0. The molecule has 41 heavy (non-hydrogen) atoms. The lowest BCUT2D eigenvalue weighted by molar-refractivity contribution is 0.591. The van der Waals surface area contributed by atoms with E-state index in [4.69, 9.17) is 0 Å². The summed E-state index contributed by atoms with van der Waals surface area (Å²) in [7, 11) is 0. The highest BCUT2D eigenvalue weighted by Gasteiger charge is 2.35. The summed E-state index contributed by atoms with van der Waals surface area (Å²) >= 11 is 0. The number of nitrogens with zero attached hydrogens (tertiary/aromatic N) is 1. The van der Waals surface area contributed by atoms with Crippen LogP contribution in [0.1, 0.15) is 51.3 Å². The van der Waals surface area contributed by atoms with Crippen molar-refractivity contribution in [2.75, 3.05) is 0 Å². The second-order valence-corrected chi connectivity index (χ2v) is 13.3. The van der Waals surface area contributed by atoms with Crippen molar-refractivity contribution in [3.05, 3.63) is 126 Å². The molecule has 198 valence electrons. The highest BCUT2D eigenvalue weighted by Crippen LogP contribution is 2.51. The second kappa shape index (κ2) is 8.27. The van der Waals surface area contributed by atoms with Crippen LogP contribution in [0.4, 0.5) is 0 Å². The maximum Gasteiger partial charge on any atom is 0.0273 e. The first-order chi connectivity index (χ1) is 19.7. The van der Waals surface area contributed by atoms with Crippen LogP contribution in [-0.4, -0.2) is 4.98 Å². The molecule has 8 rings (SSSR count). The summed E-state index contributed by atoms with van der Waals surface area (Å²) in [6, 6.07) is 36.8. The van der Waals surface area contributed by atoms with E-state index in [1.165, 1.54) is 82.4 Å². The number of pyridine rings is 1. The maximum absolute atomic E-state index is 4.32. The van der Waals surface area contributed by atoms with E-state index in [1.54, 1.807) is 0 Å². The normalized spacial score (nSPS) is 14.2. The van der Waals surface area contributed by atoms with E-state index in [-0.39, 0.29) is 10.8 Å². The first-order valence-electron chi connectivity index (χ1n) is 14.6. The number of aromatic nitrogens is 1. The van der Waals surface area contributed by atoms with E-state index in [0.29, 0.717) is 0 Å². The Bertz CT molecular complexity index is 2120. The third-order valence-corrected chi connectivity index (χ3v) is 9.47. The molecule has 1 aromatic heterocycles. The quantitative estimate of drug-likeness (QED) is 0.204. The molecule has 7 aromatic rings. The lowest BCUT2D eigenvalue weighted by Crippen LogP contribution is -2.14. The van der Waals surface area contributed by atoms with Crippen molar-refractivity contribution >= 4 is 32.3 Å². The fourth-order valence-electron chi connectivity index (χ4n) is 7.23. The molecule has 0 unspecified atom stereocenters. The lowest BCUT2D eigenvalue weighted by atomic mass is 9.80. The SMILES string of the molecule is CC(C)(C)c1cc2ccc3c(-c4ccncc4)cc(-c4ccc5c(c4)C(C)(C)c4ccccc4-5)c4ccc(c1)c2c34. The van der Waals surface area contributed by atoms with Gasteiger partial charge in [-0.3, -0.25) is 4.98 Å². The topological polar surface area (TPSA) is 12.9 Å². The molecule has 1 aliphatic carbocycles. The number of rotatable bonds is 2. The molecule has 1 nitrogen and oxygen atoms in total. The first kappa shape index (κ1) is 24.3. The molecule has 0 spiro atoms. The van der Waals surface area contributed by atoms with Gasteiger partial charge in [0.15, 0.2) is 0 Å². The van der Waals surface area contributed by atoms with Crippen molar-refractivity contribution in [2.24, 2.45) is 0 Å². The minimum absolute atomic E-state index is 0.0387. The summed E-state index contributed by atoms with van der Waals surface area (Å²) in [6.07, 6.45) is 3.80. The maximum atomic E-state index is 4.32. The van der Waals surface area contributed by atoms with Gasteiger partial charge in [-0.1, -0.05) is 107 Å². The third kappa shape index (κ3) is 3.45. The van der Waals surface area contributed by atoms with Crippen LogP contribution >= 0.6 is 0 Å². The minimum Gasteiger partial charge on any atom is -0.265 e. The van der Waals surface area contributed by atoms with Gasteiger partial charge in [-0.2, -0.15) is 0 Å². The Morgan fingerprint density at radius 3 is 1.85 bits per heavy atom. The van der Waals surface area contributed by atoms with Gasteiger partial charge in [0.25, 0.3) is 0 Å². The zero-order chi connectivity index (χ0) is 28.1. The molecule has 0 saturated carbocycles. The van der Waals surface area contributed by atoms with Crippen LogP contribution in [0.2, 0.25) is 0 Å². The molecular formula is C40H33N. The van der Waals surface area contributed by atoms with Crippen molar-refractivity contribution in [1.82, 2.24) is 4.98 Å². The van der Waals surface area contributed by atoms with Crippen LogP contribution in [0, 0.1) is 0 Å². The van der Waals surface area contributed by atoms with E-state index >= 15 is 0 Å². The molecule has 0 atom stereocenters. The van der Waals surface area contributed by atoms with Crippen molar-refractivity contribution in [2.45, 2.75) is 45.4 Å². The van der Waals surface area contributed by atoms with Gasteiger partial charge in [0, 0.05) is 17.8 Å². The smallest absolute Gasteiger partial charge is 0.0273 e. The van der Waals surface area contributed by atoms with Crippen molar-refractivity contribution in [1.29, 1.82) is 0 Å². The van der Waals surface area contributed by atoms with E-state index in [9.17, 15) is 0 Å². The Morgan fingerprint density at radius 2 is 1.17 bits per heavy atom. The fraction of sp³-hybridized carbons (Fsp3) is 0.175. The number of hydrogen-bond acceptors (Lipinski definition) is 1. The molecule has 0 N–H and O–H groups in total. The van der Waals surface area contributed by atoms with Crippen LogP contribution in [0.3, 0.4) is 0 Å². The Kier molecular flexibility index (Phi) is 4.91. The molecule has 6 aromatic carbocycles. The Labute approximate surface area is 241 Å². The predicted molar refractivity (Wildman–Crippen MR) is 175 cm³/mol. The van der Waals surface area contributed by atoms with Gasteiger partial charge >= 0.3 is 0 Å². The van der Waals surface area contributed by atoms with Gasteiger partial charge in [-0.05, 0) is 112 Å². The van der Waals surface area contributed by atoms with Crippen LogP contribution in [0.5, 0.6) is 0 Å². The number of hydrogen-bond donors (Lipinski definition) is 0. The van der Waals surface area contributed by atoms with Gasteiger partial charge in [-0.25, -0.2) is 0 Å². The van der Waals surface area contributed by atoms with Crippen LogP contribution in [0.25, 0.3) is 65.7 Å². The summed E-state index contributed by atoms with van der Waals surface area (Å²) in [5.74, 6) is 0. The van der Waals surface area contributed by atoms with E-state index in [2.05, 4.69) is 137 Å². The van der Waals surface area contributed by atoms with Crippen LogP contribution in [0.15, 0.2) is 109 Å². The van der Waals surface area contributed by atoms with Gasteiger partial charge in [0.2, 0.25) is 0 Å². The first-order valence-corrected chi connectivity index (χ1v) is 14.6. The Balaban J connectivity index is 1.46.